The maximum absolute atomic E-state index is 9.79. The van der Waals surface area contributed by atoms with Gasteiger partial charge in [0.25, 0.3) is 0 Å². The first-order chi connectivity index (χ1) is 6.70. The van der Waals surface area contributed by atoms with E-state index in [1.54, 1.807) is 6.07 Å². The molecule has 1 aromatic carbocycles. The zero-order valence-corrected chi connectivity index (χ0v) is 8.96. The molecule has 0 fully saturated rings. The molecule has 1 rings (SSSR count). The standard InChI is InChI=1S/C13H18O/c1-4-7-11(5-2)13-10(3)8-6-9-12(13)14/h4,6,8-9,11,14H,1,5,7H2,2-3H3. The molecule has 1 atom stereocenters. The fourth-order valence-corrected chi connectivity index (χ4v) is 1.89. The number of phenolic OH excluding ortho intramolecular Hbond substituents is 1. The van der Waals surface area contributed by atoms with Crippen LogP contribution in [0.5, 0.6) is 5.75 Å². The Hall–Kier alpha value is -1.24. The lowest BCUT2D eigenvalue weighted by Gasteiger charge is -2.17. The molecule has 0 spiro atoms. The second-order valence-corrected chi connectivity index (χ2v) is 3.64. The summed E-state index contributed by atoms with van der Waals surface area (Å²) in [6.45, 7) is 7.93. The van der Waals surface area contributed by atoms with E-state index in [0.717, 1.165) is 18.4 Å². The summed E-state index contributed by atoms with van der Waals surface area (Å²) in [6.07, 6.45) is 3.87. The smallest absolute Gasteiger partial charge is 0.119 e. The minimum Gasteiger partial charge on any atom is -0.508 e. The minimum atomic E-state index is 0.397. The average Bonchev–Trinajstić information content (AvgIpc) is 2.16. The van der Waals surface area contributed by atoms with Gasteiger partial charge in [-0.15, -0.1) is 6.58 Å². The Balaban J connectivity index is 3.07. The second-order valence-electron chi connectivity index (χ2n) is 3.64. The fourth-order valence-electron chi connectivity index (χ4n) is 1.89. The Morgan fingerprint density at radius 1 is 1.50 bits per heavy atom. The molecule has 0 saturated carbocycles. The van der Waals surface area contributed by atoms with E-state index in [9.17, 15) is 5.11 Å². The third-order valence-corrected chi connectivity index (χ3v) is 2.65. The van der Waals surface area contributed by atoms with Crippen LogP contribution in [0.2, 0.25) is 0 Å². The number of allylic oxidation sites excluding steroid dienone is 1. The average molecular weight is 190 g/mol. The van der Waals surface area contributed by atoms with Gasteiger partial charge in [0, 0.05) is 5.56 Å². The predicted molar refractivity (Wildman–Crippen MR) is 60.7 cm³/mol. The Morgan fingerprint density at radius 3 is 2.71 bits per heavy atom. The van der Waals surface area contributed by atoms with Crippen LogP contribution in [0.3, 0.4) is 0 Å². The van der Waals surface area contributed by atoms with Gasteiger partial charge in [-0.1, -0.05) is 25.1 Å². The molecule has 0 amide bonds. The SMILES string of the molecule is C=CCC(CC)c1c(C)cccc1O. The topological polar surface area (TPSA) is 20.2 Å². The van der Waals surface area contributed by atoms with E-state index in [2.05, 4.69) is 13.5 Å². The Kier molecular flexibility index (Phi) is 3.75. The van der Waals surface area contributed by atoms with Crippen LogP contribution >= 0.6 is 0 Å². The van der Waals surface area contributed by atoms with Crippen molar-refractivity contribution in [3.63, 3.8) is 0 Å². The monoisotopic (exact) mass is 190 g/mol. The lowest BCUT2D eigenvalue weighted by atomic mass is 9.89. The van der Waals surface area contributed by atoms with Gasteiger partial charge in [0.05, 0.1) is 0 Å². The summed E-state index contributed by atoms with van der Waals surface area (Å²) in [5, 5.41) is 9.79. The van der Waals surface area contributed by atoms with E-state index in [-0.39, 0.29) is 0 Å². The van der Waals surface area contributed by atoms with E-state index in [4.69, 9.17) is 0 Å². The van der Waals surface area contributed by atoms with E-state index >= 15 is 0 Å². The van der Waals surface area contributed by atoms with Crippen LogP contribution in [0.1, 0.15) is 36.8 Å². The molecular weight excluding hydrogens is 172 g/mol. The van der Waals surface area contributed by atoms with Crippen LogP contribution in [0.15, 0.2) is 30.9 Å². The van der Waals surface area contributed by atoms with Crippen LogP contribution in [0.25, 0.3) is 0 Å². The third-order valence-electron chi connectivity index (χ3n) is 2.65. The van der Waals surface area contributed by atoms with Crippen LogP contribution in [-0.4, -0.2) is 5.11 Å². The summed E-state index contributed by atoms with van der Waals surface area (Å²) in [7, 11) is 0. The summed E-state index contributed by atoms with van der Waals surface area (Å²) in [4.78, 5) is 0. The number of aromatic hydroxyl groups is 1. The molecule has 0 heterocycles. The van der Waals surface area contributed by atoms with Crippen LogP contribution in [0, 0.1) is 6.92 Å². The lowest BCUT2D eigenvalue weighted by molar-refractivity contribution is 0.458. The molecule has 76 valence electrons. The Morgan fingerprint density at radius 2 is 2.21 bits per heavy atom. The van der Waals surface area contributed by atoms with Gasteiger partial charge in [0.15, 0.2) is 0 Å². The predicted octanol–water partition coefficient (Wildman–Crippen LogP) is 3.77. The minimum absolute atomic E-state index is 0.397. The van der Waals surface area contributed by atoms with Gasteiger partial charge in [-0.05, 0) is 37.3 Å². The maximum atomic E-state index is 9.79. The van der Waals surface area contributed by atoms with E-state index in [1.807, 2.05) is 25.1 Å². The molecule has 0 aliphatic heterocycles. The maximum Gasteiger partial charge on any atom is 0.119 e. The molecule has 1 heteroatoms. The second kappa shape index (κ2) is 4.85. The zero-order chi connectivity index (χ0) is 10.6. The van der Waals surface area contributed by atoms with Gasteiger partial charge in [-0.3, -0.25) is 0 Å². The van der Waals surface area contributed by atoms with Crippen LogP contribution < -0.4 is 0 Å². The van der Waals surface area contributed by atoms with Crippen molar-refractivity contribution >= 4 is 0 Å². The number of hydrogen-bond acceptors (Lipinski definition) is 1. The molecule has 0 aliphatic carbocycles. The summed E-state index contributed by atoms with van der Waals surface area (Å²) in [6, 6.07) is 5.68. The summed E-state index contributed by atoms with van der Waals surface area (Å²) >= 11 is 0. The quantitative estimate of drug-likeness (QED) is 0.716. The highest BCUT2D eigenvalue weighted by Gasteiger charge is 2.13. The first kappa shape index (κ1) is 10.8. The number of hydrogen-bond donors (Lipinski definition) is 1. The van der Waals surface area contributed by atoms with Gasteiger partial charge in [-0.2, -0.15) is 0 Å². The van der Waals surface area contributed by atoms with Crippen molar-refractivity contribution in [2.75, 3.05) is 0 Å². The fraction of sp³-hybridized carbons (Fsp3) is 0.385. The summed E-state index contributed by atoms with van der Waals surface area (Å²) < 4.78 is 0. The molecule has 0 radical (unpaired) electrons. The summed E-state index contributed by atoms with van der Waals surface area (Å²) in [5.74, 6) is 0.812. The Bertz CT molecular complexity index is 295. The number of benzene rings is 1. The highest BCUT2D eigenvalue weighted by molar-refractivity contribution is 5.41. The van der Waals surface area contributed by atoms with Crippen molar-refractivity contribution in [3.8, 4) is 5.75 Å². The van der Waals surface area contributed by atoms with Gasteiger partial charge in [0.2, 0.25) is 0 Å². The largest absolute Gasteiger partial charge is 0.508 e. The molecule has 0 aliphatic rings. The number of rotatable bonds is 4. The van der Waals surface area contributed by atoms with E-state index in [1.165, 1.54) is 5.56 Å². The van der Waals surface area contributed by atoms with Crippen molar-refractivity contribution in [3.05, 3.63) is 42.0 Å². The highest BCUT2D eigenvalue weighted by atomic mass is 16.3. The molecular formula is C13H18O. The van der Waals surface area contributed by atoms with Crippen LogP contribution in [0.4, 0.5) is 0 Å². The number of phenols is 1. The highest BCUT2D eigenvalue weighted by Crippen LogP contribution is 2.33. The zero-order valence-electron chi connectivity index (χ0n) is 8.96. The van der Waals surface area contributed by atoms with Crippen molar-refractivity contribution < 1.29 is 5.11 Å². The molecule has 0 bridgehead atoms. The normalized spacial score (nSPS) is 12.4. The van der Waals surface area contributed by atoms with Crippen LogP contribution in [-0.2, 0) is 0 Å². The van der Waals surface area contributed by atoms with Crippen molar-refractivity contribution in [2.45, 2.75) is 32.6 Å². The van der Waals surface area contributed by atoms with Gasteiger partial charge >= 0.3 is 0 Å². The lowest BCUT2D eigenvalue weighted by Crippen LogP contribution is -1.99. The third kappa shape index (κ3) is 2.16. The number of aryl methyl sites for hydroxylation is 1. The molecule has 1 aromatic rings. The molecule has 14 heavy (non-hydrogen) atoms. The molecule has 1 unspecified atom stereocenters. The molecule has 1 N–H and O–H groups in total. The van der Waals surface area contributed by atoms with Crippen molar-refractivity contribution in [2.24, 2.45) is 0 Å². The molecule has 0 aromatic heterocycles. The van der Waals surface area contributed by atoms with Gasteiger partial charge in [0.1, 0.15) is 5.75 Å². The van der Waals surface area contributed by atoms with Crippen molar-refractivity contribution in [1.82, 2.24) is 0 Å². The molecule has 1 nitrogen and oxygen atoms in total. The summed E-state index contributed by atoms with van der Waals surface area (Å²) in [5.41, 5.74) is 2.24. The van der Waals surface area contributed by atoms with E-state index < -0.39 is 0 Å². The van der Waals surface area contributed by atoms with Gasteiger partial charge in [-0.25, -0.2) is 0 Å². The Labute approximate surface area is 86.1 Å². The molecule has 0 saturated heterocycles. The van der Waals surface area contributed by atoms with Crippen molar-refractivity contribution in [1.29, 1.82) is 0 Å². The van der Waals surface area contributed by atoms with Gasteiger partial charge < -0.3 is 5.11 Å². The first-order valence-electron chi connectivity index (χ1n) is 5.10. The first-order valence-corrected chi connectivity index (χ1v) is 5.10. The van der Waals surface area contributed by atoms with E-state index in [0.29, 0.717) is 11.7 Å².